The molecule has 0 saturated heterocycles. The molecule has 5 nitrogen and oxygen atoms in total. The first-order valence-corrected chi connectivity index (χ1v) is 5.35. The van der Waals surface area contributed by atoms with Gasteiger partial charge in [0.25, 0.3) is 5.69 Å². The van der Waals surface area contributed by atoms with Gasteiger partial charge in [-0.05, 0) is 12.5 Å². The van der Waals surface area contributed by atoms with Crippen LogP contribution in [0.5, 0.6) is 0 Å². The summed E-state index contributed by atoms with van der Waals surface area (Å²) in [6, 6.07) is 3.72. The van der Waals surface area contributed by atoms with Gasteiger partial charge in [-0.15, -0.1) is 0 Å². The number of hydrogen-bond acceptors (Lipinski definition) is 4. The van der Waals surface area contributed by atoms with E-state index in [2.05, 4.69) is 0 Å². The van der Waals surface area contributed by atoms with Crippen molar-refractivity contribution >= 4 is 29.4 Å². The number of nitrogens with zero attached hydrogens (tertiary/aromatic N) is 1. The summed E-state index contributed by atoms with van der Waals surface area (Å²) >= 11 is 5.80. The van der Waals surface area contributed by atoms with E-state index < -0.39 is 4.92 Å². The molecule has 90 valence electrons. The number of nitro groups is 1. The molecule has 0 fully saturated rings. The summed E-state index contributed by atoms with van der Waals surface area (Å²) in [5, 5.41) is 10.7. The van der Waals surface area contributed by atoms with E-state index in [1.807, 2.05) is 0 Å². The number of carbonyl (C=O) groups is 2. The molecule has 1 rings (SSSR count). The summed E-state index contributed by atoms with van der Waals surface area (Å²) < 4.78 is 0. The van der Waals surface area contributed by atoms with E-state index in [-0.39, 0.29) is 34.9 Å². The fourth-order valence-corrected chi connectivity index (χ4v) is 1.54. The van der Waals surface area contributed by atoms with Crippen molar-refractivity contribution in [3.05, 3.63) is 38.9 Å². The highest BCUT2D eigenvalue weighted by Crippen LogP contribution is 2.23. The lowest BCUT2D eigenvalue weighted by Gasteiger charge is -2.02. The zero-order chi connectivity index (χ0) is 12.8. The molecule has 0 bridgehead atoms. The molecule has 0 atom stereocenters. The molecule has 17 heavy (non-hydrogen) atoms. The van der Waals surface area contributed by atoms with E-state index in [0.717, 1.165) is 12.4 Å². The van der Waals surface area contributed by atoms with Crippen molar-refractivity contribution in [3.8, 4) is 0 Å². The minimum absolute atomic E-state index is 0.131. The van der Waals surface area contributed by atoms with Crippen molar-refractivity contribution in [1.82, 2.24) is 0 Å². The molecular formula is C11H10ClNO4. The fourth-order valence-electron chi connectivity index (χ4n) is 1.32. The Kier molecular flexibility index (Phi) is 4.78. The van der Waals surface area contributed by atoms with Gasteiger partial charge in [-0.1, -0.05) is 11.6 Å². The van der Waals surface area contributed by atoms with Crippen LogP contribution in [0.4, 0.5) is 5.69 Å². The maximum absolute atomic E-state index is 11.7. The van der Waals surface area contributed by atoms with Crippen molar-refractivity contribution in [2.45, 2.75) is 19.3 Å². The summed E-state index contributed by atoms with van der Waals surface area (Å²) in [5.41, 5.74) is -0.0418. The highest BCUT2D eigenvalue weighted by molar-refractivity contribution is 6.34. The fraction of sp³-hybridized carbons (Fsp3) is 0.273. The summed E-state index contributed by atoms with van der Waals surface area (Å²) in [6.45, 7) is 0. The van der Waals surface area contributed by atoms with Crippen molar-refractivity contribution in [2.75, 3.05) is 0 Å². The zero-order valence-corrected chi connectivity index (χ0v) is 9.64. The van der Waals surface area contributed by atoms with Gasteiger partial charge in [-0.3, -0.25) is 14.9 Å². The number of non-ortho nitro benzene ring substituents is 1. The van der Waals surface area contributed by atoms with Crippen LogP contribution < -0.4 is 0 Å². The quantitative estimate of drug-likeness (QED) is 0.257. The van der Waals surface area contributed by atoms with Gasteiger partial charge in [0.05, 0.1) is 9.95 Å². The summed E-state index contributed by atoms with van der Waals surface area (Å²) in [5.74, 6) is -0.291. The average Bonchev–Trinajstić information content (AvgIpc) is 2.29. The lowest BCUT2D eigenvalue weighted by atomic mass is 10.1. The molecule has 0 aliphatic rings. The third-order valence-electron chi connectivity index (χ3n) is 2.19. The molecule has 0 aliphatic heterocycles. The smallest absolute Gasteiger partial charge is 0.270 e. The van der Waals surface area contributed by atoms with Crippen LogP contribution in [0.25, 0.3) is 0 Å². The number of benzene rings is 1. The number of aldehydes is 1. The van der Waals surface area contributed by atoms with Crippen LogP contribution in [0.3, 0.4) is 0 Å². The first kappa shape index (κ1) is 13.3. The standard InChI is InChI=1S/C11H10ClNO4/c12-10-5-4-8(13(16)17)7-9(10)11(15)3-1-2-6-14/h4-7H,1-3H2. The third-order valence-corrected chi connectivity index (χ3v) is 2.52. The Balaban J connectivity index is 2.88. The normalized spacial score (nSPS) is 9.94. The van der Waals surface area contributed by atoms with E-state index in [9.17, 15) is 19.7 Å². The number of ketones is 1. The SMILES string of the molecule is O=CCCCC(=O)c1cc([N+](=O)[O-])ccc1Cl. The van der Waals surface area contributed by atoms with E-state index in [0.29, 0.717) is 6.42 Å². The van der Waals surface area contributed by atoms with Crippen molar-refractivity contribution in [2.24, 2.45) is 0 Å². The second-order valence-corrected chi connectivity index (χ2v) is 3.81. The average molecular weight is 256 g/mol. The minimum atomic E-state index is -0.585. The van der Waals surface area contributed by atoms with Crippen LogP contribution in [0.2, 0.25) is 5.02 Å². The van der Waals surface area contributed by atoms with Crippen molar-refractivity contribution in [3.63, 3.8) is 0 Å². The molecule has 0 aromatic heterocycles. The molecule has 0 radical (unpaired) electrons. The number of Topliss-reactive ketones (excluding diaryl/α,β-unsaturated/α-hetero) is 1. The monoisotopic (exact) mass is 255 g/mol. The summed E-state index contributed by atoms with van der Waals surface area (Å²) in [6.07, 6.45) is 1.58. The van der Waals surface area contributed by atoms with Crippen molar-refractivity contribution < 1.29 is 14.5 Å². The molecule has 0 N–H and O–H groups in total. The van der Waals surface area contributed by atoms with E-state index >= 15 is 0 Å². The third kappa shape index (κ3) is 3.64. The van der Waals surface area contributed by atoms with Crippen molar-refractivity contribution in [1.29, 1.82) is 0 Å². The predicted molar refractivity (Wildman–Crippen MR) is 62.4 cm³/mol. The molecule has 6 heteroatoms. The first-order valence-electron chi connectivity index (χ1n) is 4.97. The Bertz CT molecular complexity index is 459. The van der Waals surface area contributed by atoms with Gasteiger partial charge in [0.2, 0.25) is 0 Å². The Hall–Kier alpha value is -1.75. The van der Waals surface area contributed by atoms with Gasteiger partial charge in [-0.2, -0.15) is 0 Å². The van der Waals surface area contributed by atoms with Crippen LogP contribution in [0, 0.1) is 10.1 Å². The second-order valence-electron chi connectivity index (χ2n) is 3.40. The van der Waals surface area contributed by atoms with Gasteiger partial charge >= 0.3 is 0 Å². The van der Waals surface area contributed by atoms with Gasteiger partial charge in [0, 0.05) is 30.5 Å². The maximum Gasteiger partial charge on any atom is 0.270 e. The molecule has 0 saturated carbocycles. The maximum atomic E-state index is 11.7. The topological polar surface area (TPSA) is 77.3 Å². The van der Waals surface area contributed by atoms with E-state index in [4.69, 9.17) is 11.6 Å². The van der Waals surface area contributed by atoms with Crippen LogP contribution in [-0.4, -0.2) is 17.0 Å². The van der Waals surface area contributed by atoms with Gasteiger partial charge < -0.3 is 4.79 Å². The van der Waals surface area contributed by atoms with E-state index in [1.165, 1.54) is 12.1 Å². The Morgan fingerprint density at radius 1 is 1.47 bits per heavy atom. The predicted octanol–water partition coefficient (Wildman–Crippen LogP) is 2.80. The zero-order valence-electron chi connectivity index (χ0n) is 8.89. The van der Waals surface area contributed by atoms with Crippen LogP contribution in [0.1, 0.15) is 29.6 Å². The largest absolute Gasteiger partial charge is 0.303 e. The lowest BCUT2D eigenvalue weighted by molar-refractivity contribution is -0.384. The summed E-state index contributed by atoms with van der Waals surface area (Å²) in [7, 11) is 0. The molecule has 0 aliphatic carbocycles. The highest BCUT2D eigenvalue weighted by atomic mass is 35.5. The molecular weight excluding hydrogens is 246 g/mol. The number of nitro benzene ring substituents is 1. The minimum Gasteiger partial charge on any atom is -0.303 e. The highest BCUT2D eigenvalue weighted by Gasteiger charge is 2.15. The molecule has 0 amide bonds. The van der Waals surface area contributed by atoms with E-state index in [1.54, 1.807) is 0 Å². The molecule has 1 aromatic rings. The lowest BCUT2D eigenvalue weighted by Crippen LogP contribution is -2.01. The van der Waals surface area contributed by atoms with Gasteiger partial charge in [0.1, 0.15) is 6.29 Å². The number of halogens is 1. The number of rotatable bonds is 6. The molecule has 0 heterocycles. The Morgan fingerprint density at radius 2 is 2.18 bits per heavy atom. The first-order chi connectivity index (χ1) is 8.06. The number of unbranched alkanes of at least 4 members (excludes halogenated alkanes) is 1. The number of hydrogen-bond donors (Lipinski definition) is 0. The van der Waals surface area contributed by atoms with Crippen LogP contribution in [0.15, 0.2) is 18.2 Å². The molecule has 0 spiro atoms. The number of carbonyl (C=O) groups excluding carboxylic acids is 2. The van der Waals surface area contributed by atoms with Crippen LogP contribution in [-0.2, 0) is 4.79 Å². The second kappa shape index (κ2) is 6.10. The molecule has 1 aromatic carbocycles. The Labute approximate surface area is 103 Å². The summed E-state index contributed by atoms with van der Waals surface area (Å²) in [4.78, 5) is 31.8. The van der Waals surface area contributed by atoms with Crippen LogP contribution >= 0.6 is 11.6 Å². The molecule has 0 unspecified atom stereocenters. The Morgan fingerprint density at radius 3 is 2.76 bits per heavy atom. The van der Waals surface area contributed by atoms with Gasteiger partial charge in [0.15, 0.2) is 5.78 Å². The van der Waals surface area contributed by atoms with Gasteiger partial charge in [-0.25, -0.2) is 0 Å².